The topological polar surface area (TPSA) is 108 Å². The summed E-state index contributed by atoms with van der Waals surface area (Å²) in [6.07, 6.45) is -0.160. The van der Waals surface area contributed by atoms with Gasteiger partial charge in [-0.25, -0.2) is 18.4 Å². The summed E-state index contributed by atoms with van der Waals surface area (Å²) in [4.78, 5) is 37.0. The Morgan fingerprint density at radius 3 is 2.59 bits per heavy atom. The fraction of sp³-hybridized carbons (Fsp3) is 0.421. The van der Waals surface area contributed by atoms with E-state index in [9.17, 15) is 28.3 Å². The second-order valence-electron chi connectivity index (χ2n) is 6.31. The lowest BCUT2D eigenvalue weighted by atomic mass is 9.94. The van der Waals surface area contributed by atoms with E-state index >= 15 is 0 Å². The molecule has 0 spiro atoms. The summed E-state index contributed by atoms with van der Waals surface area (Å²) in [5.41, 5.74) is 0.411. The lowest BCUT2D eigenvalue weighted by Crippen LogP contribution is -2.48. The summed E-state index contributed by atoms with van der Waals surface area (Å²) in [5.74, 6) is -4.22. The molecule has 0 saturated carbocycles. The predicted octanol–water partition coefficient (Wildman–Crippen LogP) is 1.02. The molecule has 1 atom stereocenters. The highest BCUT2D eigenvalue weighted by Gasteiger charge is 2.36. The molecule has 0 aromatic heterocycles. The minimum atomic E-state index is -1.26. The summed E-state index contributed by atoms with van der Waals surface area (Å²) in [6, 6.07) is 1.37. The second-order valence-corrected chi connectivity index (χ2v) is 6.31. The van der Waals surface area contributed by atoms with E-state index in [1.165, 1.54) is 25.0 Å². The van der Waals surface area contributed by atoms with Gasteiger partial charge < -0.3 is 24.7 Å². The lowest BCUT2D eigenvalue weighted by molar-refractivity contribution is -0.305. The van der Waals surface area contributed by atoms with Gasteiger partial charge >= 0.3 is 12.0 Å². The van der Waals surface area contributed by atoms with Crippen LogP contribution in [0.1, 0.15) is 31.4 Å². The molecule has 0 fully saturated rings. The summed E-state index contributed by atoms with van der Waals surface area (Å²) < 4.78 is 37.0. The summed E-state index contributed by atoms with van der Waals surface area (Å²) >= 11 is 0. The van der Waals surface area contributed by atoms with Crippen molar-refractivity contribution in [1.29, 1.82) is 0 Å². The van der Waals surface area contributed by atoms with Gasteiger partial charge in [0.25, 0.3) is 0 Å². The molecule has 0 saturated heterocycles. The fourth-order valence-electron chi connectivity index (χ4n) is 2.93. The van der Waals surface area contributed by atoms with Crippen molar-refractivity contribution in [2.45, 2.75) is 25.8 Å². The van der Waals surface area contributed by atoms with Crippen molar-refractivity contribution in [2.24, 2.45) is 0 Å². The number of benzene rings is 1. The zero-order chi connectivity index (χ0) is 21.6. The van der Waals surface area contributed by atoms with Crippen LogP contribution in [0.2, 0.25) is 0 Å². The van der Waals surface area contributed by atoms with E-state index < -0.39 is 35.6 Å². The van der Waals surface area contributed by atoms with Crippen molar-refractivity contribution in [1.82, 2.24) is 10.2 Å². The van der Waals surface area contributed by atoms with Crippen molar-refractivity contribution in [3.8, 4) is 0 Å². The van der Waals surface area contributed by atoms with E-state index in [1.54, 1.807) is 0 Å². The maximum atomic E-state index is 13.7. The van der Waals surface area contributed by atoms with E-state index in [0.29, 0.717) is 0 Å². The molecule has 1 aromatic carbocycles. The number of hydrogen-bond donors (Lipinski definition) is 1. The summed E-state index contributed by atoms with van der Waals surface area (Å²) in [6.45, 7) is 1.62. The molecule has 2 amide bonds. The average molecular weight is 411 g/mol. The molecule has 1 N–H and O–H groups in total. The Bertz CT molecular complexity index is 827. The van der Waals surface area contributed by atoms with Gasteiger partial charge in [-0.1, -0.05) is 6.07 Å². The predicted molar refractivity (Wildman–Crippen MR) is 94.1 cm³/mol. The number of nitrogens with zero attached hydrogens (tertiary/aromatic N) is 1. The van der Waals surface area contributed by atoms with Crippen molar-refractivity contribution >= 4 is 18.0 Å². The molecule has 0 bridgehead atoms. The highest BCUT2D eigenvalue weighted by atomic mass is 19.2. The van der Waals surface area contributed by atoms with Gasteiger partial charge in [0.05, 0.1) is 18.2 Å². The molecule has 1 aliphatic heterocycles. The molecule has 1 aliphatic rings. The number of nitrogens with one attached hydrogen (secondary N) is 1. The molecule has 29 heavy (non-hydrogen) atoms. The van der Waals surface area contributed by atoms with Gasteiger partial charge in [0.1, 0.15) is 6.61 Å². The first kappa shape index (κ1) is 22.3. The van der Waals surface area contributed by atoms with E-state index in [1.807, 2.05) is 0 Å². The second kappa shape index (κ2) is 9.97. The third-order valence-corrected chi connectivity index (χ3v) is 4.38. The summed E-state index contributed by atoms with van der Waals surface area (Å²) in [5, 5.41) is 13.2. The number of allylic oxidation sites excluding steroid dienone is 1. The molecule has 1 heterocycles. The monoisotopic (exact) mass is 411 g/mol. The normalized spacial score (nSPS) is 16.6. The van der Waals surface area contributed by atoms with E-state index in [2.05, 4.69) is 5.32 Å². The van der Waals surface area contributed by atoms with Gasteiger partial charge in [0.2, 0.25) is 0 Å². The highest BCUT2D eigenvalue weighted by Crippen LogP contribution is 2.32. The first-order chi connectivity index (χ1) is 13.8. The third kappa shape index (κ3) is 5.50. The number of carboxylic acids is 1. The van der Waals surface area contributed by atoms with Crippen LogP contribution in [0.3, 0.4) is 0 Å². The van der Waals surface area contributed by atoms with E-state index in [0.717, 1.165) is 12.1 Å². The van der Waals surface area contributed by atoms with Gasteiger partial charge in [0, 0.05) is 25.3 Å². The molecule has 0 aliphatic carbocycles. The minimum absolute atomic E-state index is 0.0188. The number of ether oxygens (including phenoxy) is 2. The van der Waals surface area contributed by atoms with Crippen LogP contribution < -0.4 is 10.4 Å². The van der Waals surface area contributed by atoms with Crippen molar-refractivity contribution in [3.63, 3.8) is 0 Å². The van der Waals surface area contributed by atoms with E-state index in [4.69, 9.17) is 9.47 Å². The Labute approximate surface area is 166 Å². The van der Waals surface area contributed by atoms with Crippen LogP contribution in [0.4, 0.5) is 13.6 Å². The summed E-state index contributed by atoms with van der Waals surface area (Å²) in [7, 11) is 1.43. The van der Waals surface area contributed by atoms with Crippen LogP contribution in [0.25, 0.3) is 0 Å². The number of urea groups is 1. The Kier molecular flexibility index (Phi) is 7.66. The van der Waals surface area contributed by atoms with Gasteiger partial charge in [-0.05, 0) is 37.5 Å². The first-order valence-electron chi connectivity index (χ1n) is 8.86. The van der Waals surface area contributed by atoms with Crippen LogP contribution in [-0.2, 0) is 19.1 Å². The minimum Gasteiger partial charge on any atom is -0.550 e. The standard InChI is InChI=1S/C19H22F2N2O6/c1-11-16(18(26)29-9-8-28-2)17(12-5-6-13(20)14(21)10-12)22-19(27)23(11)7-3-4-15(24)25/h5-6,10,17H,3-4,7-9H2,1-2H3,(H,22,27)(H,24,25)/p-1/t17-/m1/s1. The average Bonchev–Trinajstić information content (AvgIpc) is 2.66. The molecule has 2 rings (SSSR count). The first-order valence-corrected chi connectivity index (χ1v) is 8.86. The maximum Gasteiger partial charge on any atom is 0.338 e. The van der Waals surface area contributed by atoms with Crippen LogP contribution in [0.5, 0.6) is 0 Å². The molecule has 1 aromatic rings. The quantitative estimate of drug-likeness (QED) is 0.480. The zero-order valence-corrected chi connectivity index (χ0v) is 16.0. The molecule has 0 radical (unpaired) electrons. The Morgan fingerprint density at radius 1 is 1.24 bits per heavy atom. The van der Waals surface area contributed by atoms with Crippen LogP contribution >= 0.6 is 0 Å². The smallest absolute Gasteiger partial charge is 0.338 e. The van der Waals surface area contributed by atoms with Crippen LogP contribution in [-0.4, -0.2) is 49.7 Å². The number of methoxy groups -OCH3 is 1. The number of aliphatic carboxylic acids is 1. The van der Waals surface area contributed by atoms with Crippen LogP contribution in [0.15, 0.2) is 29.5 Å². The molecule has 10 heteroatoms. The van der Waals surface area contributed by atoms with E-state index in [-0.39, 0.29) is 49.4 Å². The van der Waals surface area contributed by atoms with Gasteiger partial charge in [-0.15, -0.1) is 0 Å². The number of esters is 1. The SMILES string of the molecule is COCCOC(=O)C1=C(C)N(CCCC(=O)[O-])C(=O)N[C@@H]1c1ccc(F)c(F)c1. The van der Waals surface area contributed by atoms with Gasteiger partial charge in [-0.3, -0.25) is 4.90 Å². The molecule has 8 nitrogen and oxygen atoms in total. The van der Waals surface area contributed by atoms with Gasteiger partial charge in [0.15, 0.2) is 11.6 Å². The Balaban J connectivity index is 2.39. The van der Waals surface area contributed by atoms with Gasteiger partial charge in [-0.2, -0.15) is 0 Å². The lowest BCUT2D eigenvalue weighted by Gasteiger charge is -2.35. The van der Waals surface area contributed by atoms with Crippen molar-refractivity contribution < 1.29 is 37.7 Å². The number of rotatable bonds is 9. The Morgan fingerprint density at radius 2 is 1.97 bits per heavy atom. The largest absolute Gasteiger partial charge is 0.550 e. The number of carbonyl (C=O) groups excluding carboxylic acids is 3. The number of carbonyl (C=O) groups is 3. The van der Waals surface area contributed by atoms with Crippen molar-refractivity contribution in [3.05, 3.63) is 46.7 Å². The van der Waals surface area contributed by atoms with Crippen LogP contribution in [0, 0.1) is 11.6 Å². The number of halogens is 2. The highest BCUT2D eigenvalue weighted by molar-refractivity contribution is 5.95. The maximum absolute atomic E-state index is 13.7. The number of hydrogen-bond acceptors (Lipinski definition) is 6. The zero-order valence-electron chi connectivity index (χ0n) is 16.0. The van der Waals surface area contributed by atoms with Crippen molar-refractivity contribution in [2.75, 3.05) is 26.9 Å². The number of carboxylic acid groups (broad SMARTS) is 1. The molecule has 0 unspecified atom stereocenters. The third-order valence-electron chi connectivity index (χ3n) is 4.38. The fourth-order valence-corrected chi connectivity index (χ4v) is 2.93. The number of amides is 2. The molecular weight excluding hydrogens is 390 g/mol. The molecular formula is C19H21F2N2O6-. The molecule has 158 valence electrons. The Hall–Kier alpha value is -3.01.